The van der Waals surface area contributed by atoms with Gasteiger partial charge in [-0.1, -0.05) is 34.1 Å². The fraction of sp³-hybridized carbons (Fsp3) is 0.0588. The molecule has 1 atom stereocenters. The van der Waals surface area contributed by atoms with Gasteiger partial charge in [-0.15, -0.1) is 0 Å². The molecule has 21 heavy (non-hydrogen) atoms. The lowest BCUT2D eigenvalue weighted by molar-refractivity contribution is -0.791. The molecule has 4 rings (SSSR count). The van der Waals surface area contributed by atoms with Crippen LogP contribution in [0.1, 0.15) is 11.3 Å². The third-order valence-corrected chi connectivity index (χ3v) is 4.44. The first-order valence-corrected chi connectivity index (χ1v) is 7.64. The molecule has 0 radical (unpaired) electrons. The molecule has 0 saturated heterocycles. The van der Waals surface area contributed by atoms with E-state index in [1.807, 2.05) is 18.2 Å². The molecule has 1 aliphatic heterocycles. The van der Waals surface area contributed by atoms with Crippen molar-refractivity contribution >= 4 is 38.6 Å². The van der Waals surface area contributed by atoms with Gasteiger partial charge in [-0.2, -0.15) is 0 Å². The first-order valence-electron chi connectivity index (χ1n) is 6.85. The highest BCUT2D eigenvalue weighted by Crippen LogP contribution is 2.28. The van der Waals surface area contributed by atoms with E-state index in [2.05, 4.69) is 51.4 Å². The largest absolute Gasteiger partial charge is 0.503 e. The number of rotatable bonds is 1. The molecule has 0 aliphatic carbocycles. The Morgan fingerprint density at radius 1 is 1.14 bits per heavy atom. The van der Waals surface area contributed by atoms with Gasteiger partial charge in [0.1, 0.15) is 12.7 Å². The number of H-pyrrole nitrogens is 1. The van der Waals surface area contributed by atoms with E-state index in [1.54, 1.807) is 6.07 Å². The van der Waals surface area contributed by atoms with Gasteiger partial charge in [-0.05, 0) is 18.2 Å². The lowest BCUT2D eigenvalue weighted by atomic mass is 10.1. The molecule has 104 valence electrons. The highest BCUT2D eigenvalue weighted by molar-refractivity contribution is 9.10. The summed E-state index contributed by atoms with van der Waals surface area (Å²) in [6, 6.07) is 13.9. The predicted molar refractivity (Wildman–Crippen MR) is 87.5 cm³/mol. The second-order valence-corrected chi connectivity index (χ2v) is 6.18. The van der Waals surface area contributed by atoms with Crippen LogP contribution in [0.25, 0.3) is 17.0 Å². The second kappa shape index (κ2) is 4.76. The number of aromatic hydroxyl groups is 1. The zero-order valence-electron chi connectivity index (χ0n) is 11.2. The molecule has 3 aromatic rings. The van der Waals surface area contributed by atoms with E-state index in [1.165, 1.54) is 16.6 Å². The molecule has 3 nitrogen and oxygen atoms in total. The Hall–Kier alpha value is -2.04. The lowest BCUT2D eigenvalue weighted by Crippen LogP contribution is -3.01. The number of quaternary nitrogens is 1. The molecule has 1 aliphatic rings. The van der Waals surface area contributed by atoms with Crippen molar-refractivity contribution in [2.45, 2.75) is 6.54 Å². The van der Waals surface area contributed by atoms with E-state index in [0.29, 0.717) is 5.75 Å². The van der Waals surface area contributed by atoms with Gasteiger partial charge in [0.05, 0.1) is 5.69 Å². The van der Waals surface area contributed by atoms with Crippen LogP contribution in [0.3, 0.4) is 0 Å². The predicted octanol–water partition coefficient (Wildman–Crippen LogP) is 3.34. The summed E-state index contributed by atoms with van der Waals surface area (Å²) in [4.78, 5) is 4.60. The summed E-state index contributed by atoms with van der Waals surface area (Å²) in [7, 11) is 0. The number of halogens is 1. The van der Waals surface area contributed by atoms with Crippen molar-refractivity contribution in [3.05, 3.63) is 64.4 Å². The van der Waals surface area contributed by atoms with Gasteiger partial charge in [0, 0.05) is 33.1 Å². The zero-order chi connectivity index (χ0) is 14.4. The topological polar surface area (TPSA) is 40.5 Å². The maximum atomic E-state index is 10.1. The maximum Gasteiger partial charge on any atom is 0.179 e. The number of hydrogen-bond acceptors (Lipinski definition) is 1. The van der Waals surface area contributed by atoms with Crippen LogP contribution < -0.4 is 4.90 Å². The van der Waals surface area contributed by atoms with Gasteiger partial charge in [0.25, 0.3) is 0 Å². The van der Waals surface area contributed by atoms with Gasteiger partial charge in [-0.25, -0.2) is 0 Å². The molecule has 1 unspecified atom stereocenters. The van der Waals surface area contributed by atoms with Crippen LogP contribution in [-0.2, 0) is 6.54 Å². The lowest BCUT2D eigenvalue weighted by Gasteiger charge is -2.18. The molecule has 0 saturated carbocycles. The minimum absolute atomic E-state index is 0.317. The van der Waals surface area contributed by atoms with Gasteiger partial charge < -0.3 is 10.1 Å². The van der Waals surface area contributed by atoms with E-state index in [0.717, 1.165) is 27.1 Å². The summed E-state index contributed by atoms with van der Waals surface area (Å²) in [5, 5.41) is 11.3. The van der Waals surface area contributed by atoms with E-state index < -0.39 is 0 Å². The first-order chi connectivity index (χ1) is 10.2. The normalized spacial score (nSPS) is 17.1. The van der Waals surface area contributed by atoms with Crippen LogP contribution in [0.5, 0.6) is 5.75 Å². The summed E-state index contributed by atoms with van der Waals surface area (Å²) < 4.78 is 0.971. The van der Waals surface area contributed by atoms with Crippen molar-refractivity contribution < 1.29 is 10.0 Å². The summed E-state index contributed by atoms with van der Waals surface area (Å²) in [5.41, 5.74) is 4.49. The molecule has 4 heteroatoms. The quantitative estimate of drug-likeness (QED) is 0.584. The Balaban J connectivity index is 1.79. The van der Waals surface area contributed by atoms with E-state index >= 15 is 0 Å². The first kappa shape index (κ1) is 12.7. The van der Waals surface area contributed by atoms with Gasteiger partial charge in [-0.3, -0.25) is 4.90 Å². The van der Waals surface area contributed by atoms with Crippen molar-refractivity contribution in [2.75, 3.05) is 0 Å². The van der Waals surface area contributed by atoms with Crippen LogP contribution in [0, 0.1) is 0 Å². The number of benzene rings is 2. The van der Waals surface area contributed by atoms with Crippen LogP contribution >= 0.6 is 15.9 Å². The summed E-state index contributed by atoms with van der Waals surface area (Å²) in [5.74, 6) is 0.317. The Bertz CT molecular complexity index is 866. The molecule has 2 heterocycles. The Morgan fingerprint density at radius 2 is 2.00 bits per heavy atom. The molecule has 1 aromatic heterocycles. The summed E-state index contributed by atoms with van der Waals surface area (Å²) in [6.45, 7) is 0.796. The Labute approximate surface area is 130 Å². The van der Waals surface area contributed by atoms with E-state index in [-0.39, 0.29) is 0 Å². The number of nitrogens with one attached hydrogen (secondary N) is 2. The van der Waals surface area contributed by atoms with Gasteiger partial charge in [0.15, 0.2) is 11.4 Å². The third-order valence-electron chi connectivity index (χ3n) is 3.95. The molecule has 0 bridgehead atoms. The average Bonchev–Trinajstić information content (AvgIpc) is 2.87. The smallest absolute Gasteiger partial charge is 0.179 e. The SMILES string of the molecule is Oc1ccc(Br)cc1[NH+]1C=Cc2c([nH]c3ccccc23)C1. The fourth-order valence-corrected chi connectivity index (χ4v) is 3.29. The number of phenolic OH excluding ortho intramolecular Hbond substituents is 1. The highest BCUT2D eigenvalue weighted by Gasteiger charge is 2.23. The summed E-state index contributed by atoms with van der Waals surface area (Å²) >= 11 is 3.47. The Morgan fingerprint density at radius 3 is 2.90 bits per heavy atom. The van der Waals surface area contributed by atoms with Crippen molar-refractivity contribution in [3.63, 3.8) is 0 Å². The van der Waals surface area contributed by atoms with Crippen molar-refractivity contribution in [3.8, 4) is 5.75 Å². The fourth-order valence-electron chi connectivity index (χ4n) is 2.93. The average molecular weight is 342 g/mol. The van der Waals surface area contributed by atoms with E-state index in [4.69, 9.17) is 0 Å². The van der Waals surface area contributed by atoms with Gasteiger partial charge >= 0.3 is 0 Å². The van der Waals surface area contributed by atoms with Crippen LogP contribution in [-0.4, -0.2) is 10.1 Å². The molecule has 0 spiro atoms. The van der Waals surface area contributed by atoms with Gasteiger partial charge in [0.2, 0.25) is 0 Å². The minimum Gasteiger partial charge on any atom is -0.503 e. The van der Waals surface area contributed by atoms with Crippen LogP contribution in [0.2, 0.25) is 0 Å². The second-order valence-electron chi connectivity index (χ2n) is 5.26. The number of phenols is 1. The molecule has 0 amide bonds. The monoisotopic (exact) mass is 341 g/mol. The highest BCUT2D eigenvalue weighted by atomic mass is 79.9. The molecular weight excluding hydrogens is 328 g/mol. The third kappa shape index (κ3) is 2.07. The molecular formula is C17H14BrN2O+. The number of para-hydroxylation sites is 1. The molecule has 0 fully saturated rings. The zero-order valence-corrected chi connectivity index (χ0v) is 12.8. The van der Waals surface area contributed by atoms with Crippen LogP contribution in [0.4, 0.5) is 5.69 Å². The minimum atomic E-state index is 0.317. The van der Waals surface area contributed by atoms with Crippen molar-refractivity contribution in [1.82, 2.24) is 4.98 Å². The number of aromatic amines is 1. The molecule has 3 N–H and O–H groups in total. The van der Waals surface area contributed by atoms with E-state index in [9.17, 15) is 5.11 Å². The van der Waals surface area contributed by atoms with Crippen molar-refractivity contribution in [1.29, 1.82) is 0 Å². The number of hydrogen-bond donors (Lipinski definition) is 3. The standard InChI is InChI=1S/C17H13BrN2O/c18-11-5-6-17(21)16(9-11)20-8-7-13-12-3-1-2-4-14(12)19-15(13)10-20/h1-9,19,21H,10H2/p+1. The number of aromatic nitrogens is 1. The van der Waals surface area contributed by atoms with Crippen molar-refractivity contribution in [2.24, 2.45) is 0 Å². The maximum absolute atomic E-state index is 10.1. The molecule has 2 aromatic carbocycles. The number of fused-ring (bicyclic) bond motifs is 3. The van der Waals surface area contributed by atoms with Crippen LogP contribution in [0.15, 0.2) is 53.1 Å². The summed E-state index contributed by atoms with van der Waals surface area (Å²) in [6.07, 6.45) is 4.23. The Kier molecular flexibility index (Phi) is 2.87.